The maximum atomic E-state index is 13.0. The minimum absolute atomic E-state index is 0.169. The molecule has 3 aromatic carbocycles. The number of H-pyrrole nitrogens is 1. The van der Waals surface area contributed by atoms with Crippen LogP contribution in [0.3, 0.4) is 0 Å². The first-order valence-electron chi connectivity index (χ1n) is 11.9. The van der Waals surface area contributed by atoms with Crippen LogP contribution in [0.5, 0.6) is 5.75 Å². The number of nitrogens with zero attached hydrogens (tertiary/aromatic N) is 2. The van der Waals surface area contributed by atoms with E-state index in [4.69, 9.17) is 4.74 Å². The number of para-hydroxylation sites is 1. The normalized spacial score (nSPS) is 11.1. The first-order chi connectivity index (χ1) is 18.0. The lowest BCUT2D eigenvalue weighted by Gasteiger charge is -2.14. The van der Waals surface area contributed by atoms with Crippen molar-refractivity contribution in [1.82, 2.24) is 14.9 Å². The van der Waals surface area contributed by atoms with Gasteiger partial charge in [-0.25, -0.2) is 4.98 Å². The zero-order chi connectivity index (χ0) is 25.8. The van der Waals surface area contributed by atoms with Gasteiger partial charge in [-0.15, -0.1) is 0 Å². The van der Waals surface area contributed by atoms with Gasteiger partial charge in [-0.1, -0.05) is 30.3 Å². The second kappa shape index (κ2) is 10.5. The summed E-state index contributed by atoms with van der Waals surface area (Å²) in [6.45, 7) is 1.24. The molecule has 0 radical (unpaired) electrons. The highest BCUT2D eigenvalue weighted by Crippen LogP contribution is 2.30. The van der Waals surface area contributed by atoms with E-state index >= 15 is 0 Å². The third kappa shape index (κ3) is 5.29. The van der Waals surface area contributed by atoms with E-state index in [9.17, 15) is 9.59 Å². The van der Waals surface area contributed by atoms with Gasteiger partial charge in [0.25, 0.3) is 11.5 Å². The number of amides is 1. The number of hydrogen-bond donors (Lipinski definition) is 3. The first kappa shape index (κ1) is 24.0. The van der Waals surface area contributed by atoms with E-state index in [0.29, 0.717) is 34.6 Å². The molecule has 37 heavy (non-hydrogen) atoms. The molecular weight excluding hydrogens is 466 g/mol. The van der Waals surface area contributed by atoms with Crippen molar-refractivity contribution in [2.24, 2.45) is 0 Å². The van der Waals surface area contributed by atoms with Crippen molar-refractivity contribution in [3.63, 3.8) is 0 Å². The summed E-state index contributed by atoms with van der Waals surface area (Å²) in [6.07, 6.45) is 1.65. The van der Waals surface area contributed by atoms with Crippen molar-refractivity contribution >= 4 is 44.8 Å². The number of hydrogen-bond acceptors (Lipinski definition) is 6. The Hall–Kier alpha value is -4.69. The van der Waals surface area contributed by atoms with Gasteiger partial charge in [0.15, 0.2) is 0 Å². The molecular formula is C29H27N5O3. The smallest absolute Gasteiger partial charge is 0.259 e. The van der Waals surface area contributed by atoms with E-state index in [-0.39, 0.29) is 11.5 Å². The van der Waals surface area contributed by atoms with Crippen molar-refractivity contribution < 1.29 is 9.53 Å². The summed E-state index contributed by atoms with van der Waals surface area (Å²) in [6, 6.07) is 24.0. The fraction of sp³-hybridized carbons (Fsp3) is 0.138. The number of carbonyl (C=O) groups excluding carboxylic acids is 1. The Balaban J connectivity index is 1.34. The molecule has 0 saturated carbocycles. The zero-order valence-electron chi connectivity index (χ0n) is 20.6. The van der Waals surface area contributed by atoms with Gasteiger partial charge in [-0.3, -0.25) is 9.59 Å². The van der Waals surface area contributed by atoms with Gasteiger partial charge < -0.3 is 25.3 Å². The van der Waals surface area contributed by atoms with Gasteiger partial charge in [-0.2, -0.15) is 0 Å². The number of pyridine rings is 2. The molecule has 0 aliphatic heterocycles. The fourth-order valence-corrected chi connectivity index (χ4v) is 4.12. The molecule has 186 valence electrons. The Morgan fingerprint density at radius 1 is 0.919 bits per heavy atom. The monoisotopic (exact) mass is 493 g/mol. The van der Waals surface area contributed by atoms with Crippen LogP contribution in [0.1, 0.15) is 10.4 Å². The predicted molar refractivity (Wildman–Crippen MR) is 148 cm³/mol. The summed E-state index contributed by atoms with van der Waals surface area (Å²) in [5, 5.41) is 8.62. The Bertz CT molecular complexity index is 1630. The molecule has 2 heterocycles. The quantitative estimate of drug-likeness (QED) is 0.263. The summed E-state index contributed by atoms with van der Waals surface area (Å²) in [5.41, 5.74) is 3.13. The van der Waals surface area contributed by atoms with Crippen LogP contribution < -0.4 is 20.9 Å². The maximum Gasteiger partial charge on any atom is 0.259 e. The molecule has 0 spiro atoms. The minimum atomic E-state index is -0.239. The van der Waals surface area contributed by atoms with Gasteiger partial charge >= 0.3 is 0 Å². The molecule has 0 atom stereocenters. The molecule has 8 nitrogen and oxygen atoms in total. The Kier molecular flexibility index (Phi) is 6.83. The molecule has 0 bridgehead atoms. The highest BCUT2D eigenvalue weighted by Gasteiger charge is 2.13. The van der Waals surface area contributed by atoms with Crippen molar-refractivity contribution in [3.8, 4) is 5.75 Å². The zero-order valence-corrected chi connectivity index (χ0v) is 20.6. The molecule has 0 saturated heterocycles. The van der Waals surface area contributed by atoms with Crippen LogP contribution in [0.15, 0.2) is 89.9 Å². The SMILES string of the molecule is CN(C)CCOc1ccccc1C(=O)Nc1ccc(Nc2ccnc3[nH]c(=O)c4ccccc4c23)cc1. The van der Waals surface area contributed by atoms with E-state index in [1.54, 1.807) is 24.4 Å². The number of nitrogens with one attached hydrogen (secondary N) is 3. The molecule has 0 unspecified atom stereocenters. The number of fused-ring (bicyclic) bond motifs is 3. The van der Waals surface area contributed by atoms with E-state index in [1.807, 2.05) is 79.7 Å². The lowest BCUT2D eigenvalue weighted by Crippen LogP contribution is -2.20. The van der Waals surface area contributed by atoms with E-state index in [1.165, 1.54) is 0 Å². The Labute approximate surface area is 213 Å². The lowest BCUT2D eigenvalue weighted by molar-refractivity contribution is 0.102. The Morgan fingerprint density at radius 3 is 2.41 bits per heavy atom. The number of anilines is 3. The highest BCUT2D eigenvalue weighted by molar-refractivity contribution is 6.11. The number of aromatic nitrogens is 2. The van der Waals surface area contributed by atoms with Gasteiger partial charge in [0.2, 0.25) is 0 Å². The second-order valence-corrected chi connectivity index (χ2v) is 8.89. The largest absolute Gasteiger partial charge is 0.491 e. The van der Waals surface area contributed by atoms with E-state index < -0.39 is 0 Å². The van der Waals surface area contributed by atoms with Crippen LogP contribution in [-0.2, 0) is 0 Å². The summed E-state index contributed by atoms with van der Waals surface area (Å²) in [5.74, 6) is 0.312. The van der Waals surface area contributed by atoms with Crippen molar-refractivity contribution in [3.05, 3.63) is 101 Å². The van der Waals surface area contributed by atoms with Crippen LogP contribution in [0, 0.1) is 0 Å². The number of ether oxygens (including phenoxy) is 1. The fourth-order valence-electron chi connectivity index (χ4n) is 4.12. The minimum Gasteiger partial charge on any atom is -0.491 e. The number of likely N-dealkylation sites (N-methyl/N-ethyl adjacent to an activating group) is 1. The summed E-state index contributed by atoms with van der Waals surface area (Å²) in [4.78, 5) is 34.6. The lowest BCUT2D eigenvalue weighted by atomic mass is 10.1. The molecule has 3 N–H and O–H groups in total. The van der Waals surface area contributed by atoms with Gasteiger partial charge in [0, 0.05) is 40.3 Å². The van der Waals surface area contributed by atoms with E-state index in [0.717, 1.165) is 28.7 Å². The summed E-state index contributed by atoms with van der Waals surface area (Å²) < 4.78 is 5.83. The number of rotatable bonds is 8. The van der Waals surface area contributed by atoms with Crippen LogP contribution in [-0.4, -0.2) is 48.0 Å². The third-order valence-electron chi connectivity index (χ3n) is 5.97. The van der Waals surface area contributed by atoms with Crippen molar-refractivity contribution in [2.45, 2.75) is 0 Å². The van der Waals surface area contributed by atoms with Crippen molar-refractivity contribution in [1.29, 1.82) is 0 Å². The molecule has 5 aromatic rings. The number of aromatic amines is 1. The van der Waals surface area contributed by atoms with Crippen LogP contribution >= 0.6 is 0 Å². The van der Waals surface area contributed by atoms with Crippen molar-refractivity contribution in [2.75, 3.05) is 37.9 Å². The Morgan fingerprint density at radius 2 is 1.62 bits per heavy atom. The number of carbonyl (C=O) groups is 1. The molecule has 0 fully saturated rings. The van der Waals surface area contributed by atoms with Crippen LogP contribution in [0.25, 0.3) is 21.8 Å². The molecule has 8 heteroatoms. The van der Waals surface area contributed by atoms with Crippen LogP contribution in [0.2, 0.25) is 0 Å². The van der Waals surface area contributed by atoms with Gasteiger partial charge in [0.05, 0.1) is 11.3 Å². The molecule has 5 rings (SSSR count). The average molecular weight is 494 g/mol. The average Bonchev–Trinajstić information content (AvgIpc) is 2.90. The number of benzene rings is 3. The second-order valence-electron chi connectivity index (χ2n) is 8.89. The van der Waals surface area contributed by atoms with Crippen LogP contribution in [0.4, 0.5) is 17.1 Å². The standard InChI is InChI=1S/C29H27N5O3/c1-34(2)17-18-37-25-10-6-5-9-23(25)29(36)32-20-13-11-19(12-14-20)31-24-15-16-30-27-26(24)21-7-3-4-8-22(21)28(35)33-27/h3-16H,17-18H2,1-2H3,(H,32,36)(H2,30,31,33,35). The maximum absolute atomic E-state index is 13.0. The first-order valence-corrected chi connectivity index (χ1v) is 11.9. The topological polar surface area (TPSA) is 99.3 Å². The molecule has 2 aromatic heterocycles. The summed E-state index contributed by atoms with van der Waals surface area (Å²) in [7, 11) is 3.95. The molecule has 1 amide bonds. The van der Waals surface area contributed by atoms with Gasteiger partial charge in [0.1, 0.15) is 18.0 Å². The third-order valence-corrected chi connectivity index (χ3v) is 5.97. The van der Waals surface area contributed by atoms with E-state index in [2.05, 4.69) is 20.6 Å². The molecule has 0 aliphatic carbocycles. The highest BCUT2D eigenvalue weighted by atomic mass is 16.5. The predicted octanol–water partition coefficient (Wildman–Crippen LogP) is 5.01. The van der Waals surface area contributed by atoms with Gasteiger partial charge in [-0.05, 0) is 62.6 Å². The summed E-state index contributed by atoms with van der Waals surface area (Å²) >= 11 is 0. The molecule has 0 aliphatic rings.